The Balaban J connectivity index is 0.00000200. The molecule has 1 saturated carbocycles. The van der Waals surface area contributed by atoms with Gasteiger partial charge in [0.1, 0.15) is 0 Å². The Morgan fingerprint density at radius 3 is 2.20 bits per heavy atom. The summed E-state index contributed by atoms with van der Waals surface area (Å²) in [4.78, 5) is 14.4. The third-order valence-electron chi connectivity index (χ3n) is 4.22. The molecule has 0 bridgehead atoms. The van der Waals surface area contributed by atoms with Crippen molar-refractivity contribution in [2.24, 2.45) is 0 Å². The molecule has 1 aliphatic carbocycles. The summed E-state index contributed by atoms with van der Waals surface area (Å²) in [7, 11) is 0. The van der Waals surface area contributed by atoms with Gasteiger partial charge in [-0.2, -0.15) is 0 Å². The number of rotatable bonds is 3. The predicted molar refractivity (Wildman–Crippen MR) is 85.4 cm³/mol. The molecule has 1 amide bonds. The summed E-state index contributed by atoms with van der Waals surface area (Å²) in [5.74, 6) is 0.216. The van der Waals surface area contributed by atoms with Gasteiger partial charge in [0.15, 0.2) is 0 Å². The zero-order valence-electron chi connectivity index (χ0n) is 12.9. The van der Waals surface area contributed by atoms with Crippen LogP contribution in [0.1, 0.15) is 52.4 Å². The van der Waals surface area contributed by atoms with Crippen LogP contribution in [0.5, 0.6) is 0 Å². The molecule has 118 valence electrons. The third kappa shape index (κ3) is 5.98. The van der Waals surface area contributed by atoms with Crippen LogP contribution in [-0.4, -0.2) is 48.6 Å². The molecular weight excluding hydrogens is 274 g/mol. The van der Waals surface area contributed by atoms with E-state index < -0.39 is 0 Å². The number of amides is 1. The summed E-state index contributed by atoms with van der Waals surface area (Å²) in [6, 6.07) is 1.39. The average molecular weight is 304 g/mol. The molecule has 2 rings (SSSR count). The van der Waals surface area contributed by atoms with Crippen LogP contribution in [0.25, 0.3) is 0 Å². The van der Waals surface area contributed by atoms with E-state index in [1.54, 1.807) is 0 Å². The van der Waals surface area contributed by atoms with Crippen LogP contribution in [0.4, 0.5) is 0 Å². The molecule has 2 fully saturated rings. The number of hydrogen-bond donors (Lipinski definition) is 2. The van der Waals surface area contributed by atoms with Crippen LogP contribution in [0.3, 0.4) is 0 Å². The van der Waals surface area contributed by atoms with Crippen molar-refractivity contribution in [3.63, 3.8) is 0 Å². The van der Waals surface area contributed by atoms with E-state index in [9.17, 15) is 4.79 Å². The standard InChI is InChI=1S/C15H29N3O.ClH/c1-12-9-18(10-13(2)16-12)11-15(19)17-14-7-5-3-4-6-8-14;/h12-14,16H,3-11H2,1-2H3,(H,17,19);1H. The Bertz CT molecular complexity index is 283. The van der Waals surface area contributed by atoms with E-state index in [4.69, 9.17) is 0 Å². The first kappa shape index (κ1) is 17.7. The van der Waals surface area contributed by atoms with Gasteiger partial charge >= 0.3 is 0 Å². The van der Waals surface area contributed by atoms with Crippen LogP contribution < -0.4 is 10.6 Å². The summed E-state index contributed by atoms with van der Waals surface area (Å²) in [6.07, 6.45) is 7.54. The Labute approximate surface area is 129 Å². The quantitative estimate of drug-likeness (QED) is 0.783. The fourth-order valence-electron chi connectivity index (χ4n) is 3.47. The van der Waals surface area contributed by atoms with Crippen molar-refractivity contribution in [2.75, 3.05) is 19.6 Å². The van der Waals surface area contributed by atoms with Gasteiger partial charge in [-0.05, 0) is 26.7 Å². The Kier molecular flexibility index (Phi) is 7.85. The van der Waals surface area contributed by atoms with Crippen molar-refractivity contribution in [3.05, 3.63) is 0 Å². The van der Waals surface area contributed by atoms with Gasteiger partial charge < -0.3 is 10.6 Å². The number of nitrogens with one attached hydrogen (secondary N) is 2. The molecule has 2 N–H and O–H groups in total. The minimum atomic E-state index is 0. The predicted octanol–water partition coefficient (Wildman–Crippen LogP) is 1.93. The van der Waals surface area contributed by atoms with Crippen LogP contribution >= 0.6 is 12.4 Å². The number of halogens is 1. The van der Waals surface area contributed by atoms with Gasteiger partial charge in [-0.25, -0.2) is 0 Å². The fraction of sp³-hybridized carbons (Fsp3) is 0.933. The normalized spacial score (nSPS) is 29.3. The first-order valence-corrected chi connectivity index (χ1v) is 7.91. The fourth-order valence-corrected chi connectivity index (χ4v) is 3.47. The lowest BCUT2D eigenvalue weighted by Crippen LogP contribution is -2.56. The van der Waals surface area contributed by atoms with E-state index >= 15 is 0 Å². The van der Waals surface area contributed by atoms with E-state index in [1.165, 1.54) is 38.5 Å². The van der Waals surface area contributed by atoms with Gasteiger partial charge in [-0.15, -0.1) is 12.4 Å². The number of hydrogen-bond acceptors (Lipinski definition) is 3. The van der Waals surface area contributed by atoms with Crippen LogP contribution in [0.2, 0.25) is 0 Å². The lowest BCUT2D eigenvalue weighted by molar-refractivity contribution is -0.123. The Morgan fingerprint density at radius 1 is 1.10 bits per heavy atom. The van der Waals surface area contributed by atoms with Crippen LogP contribution in [0, 0.1) is 0 Å². The Hall–Kier alpha value is -0.320. The highest BCUT2D eigenvalue weighted by Gasteiger charge is 2.23. The van der Waals surface area contributed by atoms with E-state index in [0.29, 0.717) is 24.7 Å². The molecule has 20 heavy (non-hydrogen) atoms. The SMILES string of the molecule is CC1CN(CC(=O)NC2CCCCCC2)CC(C)N1.Cl. The van der Waals surface area contributed by atoms with Gasteiger partial charge in [0.2, 0.25) is 5.91 Å². The van der Waals surface area contributed by atoms with Crippen molar-refractivity contribution < 1.29 is 4.79 Å². The van der Waals surface area contributed by atoms with Crippen molar-refractivity contribution >= 4 is 18.3 Å². The monoisotopic (exact) mass is 303 g/mol. The van der Waals surface area contributed by atoms with Gasteiger partial charge in [0.25, 0.3) is 0 Å². The molecule has 0 spiro atoms. The van der Waals surface area contributed by atoms with Crippen LogP contribution in [0.15, 0.2) is 0 Å². The van der Waals surface area contributed by atoms with Crippen molar-refractivity contribution in [1.82, 2.24) is 15.5 Å². The molecule has 5 heteroatoms. The highest BCUT2D eigenvalue weighted by atomic mass is 35.5. The van der Waals surface area contributed by atoms with E-state index in [1.807, 2.05) is 0 Å². The summed E-state index contributed by atoms with van der Waals surface area (Å²) >= 11 is 0. The smallest absolute Gasteiger partial charge is 0.234 e. The highest BCUT2D eigenvalue weighted by molar-refractivity contribution is 5.85. The van der Waals surface area contributed by atoms with Gasteiger partial charge in [0.05, 0.1) is 6.54 Å². The average Bonchev–Trinajstić information content (AvgIpc) is 2.55. The molecule has 4 nitrogen and oxygen atoms in total. The van der Waals surface area contributed by atoms with Crippen molar-refractivity contribution in [2.45, 2.75) is 70.5 Å². The minimum absolute atomic E-state index is 0. The van der Waals surface area contributed by atoms with Crippen molar-refractivity contribution in [3.8, 4) is 0 Å². The van der Waals surface area contributed by atoms with Crippen molar-refractivity contribution in [1.29, 1.82) is 0 Å². The summed E-state index contributed by atoms with van der Waals surface area (Å²) in [6.45, 7) is 6.88. The molecule has 2 atom stereocenters. The molecule has 0 radical (unpaired) electrons. The minimum Gasteiger partial charge on any atom is -0.352 e. The number of carbonyl (C=O) groups is 1. The highest BCUT2D eigenvalue weighted by Crippen LogP contribution is 2.17. The summed E-state index contributed by atoms with van der Waals surface area (Å²) in [5.41, 5.74) is 0. The van der Waals surface area contributed by atoms with E-state index in [0.717, 1.165) is 13.1 Å². The lowest BCUT2D eigenvalue weighted by Gasteiger charge is -2.35. The molecule has 1 aliphatic heterocycles. The number of piperazine rings is 1. The lowest BCUT2D eigenvalue weighted by atomic mass is 10.1. The first-order chi connectivity index (χ1) is 9.13. The first-order valence-electron chi connectivity index (χ1n) is 7.91. The molecule has 1 saturated heterocycles. The maximum atomic E-state index is 12.1. The zero-order chi connectivity index (χ0) is 13.7. The summed E-state index contributed by atoms with van der Waals surface area (Å²) < 4.78 is 0. The van der Waals surface area contributed by atoms with Gasteiger partial charge in [-0.3, -0.25) is 9.69 Å². The van der Waals surface area contributed by atoms with Crippen LogP contribution in [-0.2, 0) is 4.79 Å². The second-order valence-corrected chi connectivity index (χ2v) is 6.42. The summed E-state index contributed by atoms with van der Waals surface area (Å²) in [5, 5.41) is 6.73. The number of carbonyl (C=O) groups excluding carboxylic acids is 1. The molecule has 1 heterocycles. The van der Waals surface area contributed by atoms with Gasteiger partial charge in [0, 0.05) is 31.2 Å². The maximum Gasteiger partial charge on any atom is 0.234 e. The van der Waals surface area contributed by atoms with E-state index in [-0.39, 0.29) is 18.3 Å². The molecule has 2 aliphatic rings. The molecular formula is C15H30ClN3O. The molecule has 0 aromatic rings. The van der Waals surface area contributed by atoms with Gasteiger partial charge in [-0.1, -0.05) is 25.7 Å². The third-order valence-corrected chi connectivity index (χ3v) is 4.22. The zero-order valence-corrected chi connectivity index (χ0v) is 13.7. The second kappa shape index (κ2) is 8.85. The second-order valence-electron chi connectivity index (χ2n) is 6.42. The molecule has 0 aromatic carbocycles. The largest absolute Gasteiger partial charge is 0.352 e. The molecule has 2 unspecified atom stereocenters. The van der Waals surface area contributed by atoms with E-state index in [2.05, 4.69) is 29.4 Å². The topological polar surface area (TPSA) is 44.4 Å². The number of nitrogens with zero attached hydrogens (tertiary/aromatic N) is 1. The molecule has 0 aromatic heterocycles. The Morgan fingerprint density at radius 2 is 1.65 bits per heavy atom. The maximum absolute atomic E-state index is 12.1.